The maximum atomic E-state index is 5.17. The van der Waals surface area contributed by atoms with Gasteiger partial charge in [0.25, 0.3) is 0 Å². The fourth-order valence-electron chi connectivity index (χ4n) is 1.83. The van der Waals surface area contributed by atoms with Crippen molar-refractivity contribution in [3.05, 3.63) is 62.5 Å². The SMILES string of the molecule is COc1ccc(CC(Br)c2cc(Br)ccc2Br)cc1. The molecule has 0 amide bonds. The van der Waals surface area contributed by atoms with Gasteiger partial charge in [0, 0.05) is 13.8 Å². The van der Waals surface area contributed by atoms with Crippen molar-refractivity contribution in [2.75, 3.05) is 7.11 Å². The van der Waals surface area contributed by atoms with Crippen molar-refractivity contribution in [1.29, 1.82) is 0 Å². The van der Waals surface area contributed by atoms with Crippen molar-refractivity contribution in [2.24, 2.45) is 0 Å². The summed E-state index contributed by atoms with van der Waals surface area (Å²) in [5.41, 5.74) is 2.51. The number of halogens is 3. The molecule has 0 aliphatic heterocycles. The van der Waals surface area contributed by atoms with Gasteiger partial charge in [0.2, 0.25) is 0 Å². The van der Waals surface area contributed by atoms with E-state index in [2.05, 4.69) is 72.1 Å². The van der Waals surface area contributed by atoms with E-state index in [1.165, 1.54) is 11.1 Å². The van der Waals surface area contributed by atoms with Crippen LogP contribution in [0.15, 0.2) is 51.4 Å². The molecule has 0 fully saturated rings. The molecule has 0 radical (unpaired) electrons. The average molecular weight is 449 g/mol. The second-order valence-corrected chi connectivity index (χ2v) is 7.06. The molecule has 19 heavy (non-hydrogen) atoms. The molecule has 0 aliphatic carbocycles. The Morgan fingerprint density at radius 3 is 2.37 bits per heavy atom. The highest BCUT2D eigenvalue weighted by Crippen LogP contribution is 2.34. The smallest absolute Gasteiger partial charge is 0.118 e. The summed E-state index contributed by atoms with van der Waals surface area (Å²) in [6.07, 6.45) is 0.930. The highest BCUT2D eigenvalue weighted by molar-refractivity contribution is 9.11. The third-order valence-electron chi connectivity index (χ3n) is 2.87. The number of methoxy groups -OCH3 is 1. The zero-order chi connectivity index (χ0) is 13.8. The van der Waals surface area contributed by atoms with Crippen molar-refractivity contribution in [3.8, 4) is 5.75 Å². The Labute approximate surface area is 138 Å². The Morgan fingerprint density at radius 2 is 1.74 bits per heavy atom. The van der Waals surface area contributed by atoms with Gasteiger partial charge in [0.1, 0.15) is 5.75 Å². The van der Waals surface area contributed by atoms with Crippen molar-refractivity contribution >= 4 is 47.8 Å². The summed E-state index contributed by atoms with van der Waals surface area (Å²) in [5.74, 6) is 0.888. The van der Waals surface area contributed by atoms with Gasteiger partial charge >= 0.3 is 0 Å². The van der Waals surface area contributed by atoms with Crippen LogP contribution in [0.5, 0.6) is 5.75 Å². The molecule has 100 valence electrons. The molecule has 0 heterocycles. The van der Waals surface area contributed by atoms with Crippen LogP contribution in [0.25, 0.3) is 0 Å². The topological polar surface area (TPSA) is 9.23 Å². The van der Waals surface area contributed by atoms with Crippen LogP contribution in [-0.2, 0) is 6.42 Å². The van der Waals surface area contributed by atoms with Crippen LogP contribution in [-0.4, -0.2) is 7.11 Å². The molecule has 0 N–H and O–H groups in total. The van der Waals surface area contributed by atoms with Crippen LogP contribution in [0.4, 0.5) is 0 Å². The molecule has 1 atom stereocenters. The normalized spacial score (nSPS) is 12.2. The Morgan fingerprint density at radius 1 is 1.05 bits per heavy atom. The summed E-state index contributed by atoms with van der Waals surface area (Å²) in [6, 6.07) is 14.4. The van der Waals surface area contributed by atoms with Crippen LogP contribution in [0.1, 0.15) is 16.0 Å². The van der Waals surface area contributed by atoms with Gasteiger partial charge in [-0.15, -0.1) is 0 Å². The Balaban J connectivity index is 2.15. The zero-order valence-corrected chi connectivity index (χ0v) is 15.1. The molecule has 0 aromatic heterocycles. The van der Waals surface area contributed by atoms with E-state index >= 15 is 0 Å². The van der Waals surface area contributed by atoms with Crippen LogP contribution in [0.3, 0.4) is 0 Å². The molecule has 1 nitrogen and oxygen atoms in total. The molecule has 2 rings (SSSR count). The maximum Gasteiger partial charge on any atom is 0.118 e. The Bertz CT molecular complexity index is 552. The first-order chi connectivity index (χ1) is 9.10. The van der Waals surface area contributed by atoms with Crippen molar-refractivity contribution in [2.45, 2.75) is 11.2 Å². The van der Waals surface area contributed by atoms with Crippen molar-refractivity contribution in [1.82, 2.24) is 0 Å². The van der Waals surface area contributed by atoms with Gasteiger partial charge < -0.3 is 4.74 Å². The predicted octanol–water partition coefficient (Wildman–Crippen LogP) is 5.90. The average Bonchev–Trinajstić information content (AvgIpc) is 2.42. The Kier molecular flexibility index (Phi) is 5.48. The summed E-state index contributed by atoms with van der Waals surface area (Å²) < 4.78 is 7.37. The van der Waals surface area contributed by atoms with E-state index in [-0.39, 0.29) is 4.83 Å². The first-order valence-electron chi connectivity index (χ1n) is 5.82. The van der Waals surface area contributed by atoms with Crippen molar-refractivity contribution < 1.29 is 4.74 Å². The lowest BCUT2D eigenvalue weighted by atomic mass is 10.0. The molecule has 1 unspecified atom stereocenters. The van der Waals surface area contributed by atoms with E-state index in [9.17, 15) is 0 Å². The zero-order valence-electron chi connectivity index (χ0n) is 10.4. The highest BCUT2D eigenvalue weighted by Gasteiger charge is 2.12. The maximum absolute atomic E-state index is 5.17. The van der Waals surface area contributed by atoms with Gasteiger partial charge in [0.05, 0.1) is 7.11 Å². The number of benzene rings is 2. The number of ether oxygens (including phenoxy) is 1. The van der Waals surface area contributed by atoms with Crippen LogP contribution in [0.2, 0.25) is 0 Å². The third-order valence-corrected chi connectivity index (χ3v) is 4.90. The standard InChI is InChI=1S/C15H13Br3O/c1-19-12-5-2-10(3-6-12)8-15(18)13-9-11(16)4-7-14(13)17/h2-7,9,15H,8H2,1H3. The highest BCUT2D eigenvalue weighted by atomic mass is 79.9. The lowest BCUT2D eigenvalue weighted by Gasteiger charge is -2.13. The summed E-state index contributed by atoms with van der Waals surface area (Å²) >= 11 is 10.9. The van der Waals surface area contributed by atoms with Crippen LogP contribution >= 0.6 is 47.8 Å². The second kappa shape index (κ2) is 6.91. The minimum Gasteiger partial charge on any atom is -0.497 e. The molecule has 2 aromatic carbocycles. The first-order valence-corrected chi connectivity index (χ1v) is 8.32. The van der Waals surface area contributed by atoms with E-state index in [1.807, 2.05) is 18.2 Å². The van der Waals surface area contributed by atoms with Crippen LogP contribution in [0, 0.1) is 0 Å². The molecule has 0 saturated carbocycles. The quantitative estimate of drug-likeness (QED) is 0.529. The summed E-state index contributed by atoms with van der Waals surface area (Å²) in [5, 5.41) is 0. The van der Waals surface area contributed by atoms with Gasteiger partial charge in [0.15, 0.2) is 0 Å². The van der Waals surface area contributed by atoms with Gasteiger partial charge in [-0.1, -0.05) is 59.9 Å². The number of rotatable bonds is 4. The molecule has 0 bridgehead atoms. The van der Waals surface area contributed by atoms with Gasteiger partial charge in [-0.2, -0.15) is 0 Å². The summed E-state index contributed by atoms with van der Waals surface area (Å²) in [7, 11) is 1.68. The van der Waals surface area contributed by atoms with E-state index in [1.54, 1.807) is 7.11 Å². The predicted molar refractivity (Wildman–Crippen MR) is 90.2 cm³/mol. The molecule has 0 aliphatic rings. The summed E-state index contributed by atoms with van der Waals surface area (Å²) in [4.78, 5) is 0.271. The number of alkyl halides is 1. The van der Waals surface area contributed by atoms with Crippen molar-refractivity contribution in [3.63, 3.8) is 0 Å². The number of hydrogen-bond donors (Lipinski definition) is 0. The monoisotopic (exact) mass is 446 g/mol. The van der Waals surface area contributed by atoms with Gasteiger partial charge in [-0.05, 0) is 47.9 Å². The lowest BCUT2D eigenvalue weighted by Crippen LogP contribution is -1.97. The molecule has 0 saturated heterocycles. The number of hydrogen-bond acceptors (Lipinski definition) is 1. The lowest BCUT2D eigenvalue weighted by molar-refractivity contribution is 0.414. The minimum absolute atomic E-state index is 0.271. The third kappa shape index (κ3) is 4.07. The fraction of sp³-hybridized carbons (Fsp3) is 0.200. The molecular formula is C15H13Br3O. The largest absolute Gasteiger partial charge is 0.497 e. The van der Waals surface area contributed by atoms with E-state index in [0.29, 0.717) is 0 Å². The summed E-state index contributed by atoms with van der Waals surface area (Å²) in [6.45, 7) is 0. The Hall–Kier alpha value is -0.320. The molecular weight excluding hydrogens is 436 g/mol. The molecule has 4 heteroatoms. The van der Waals surface area contributed by atoms with E-state index in [4.69, 9.17) is 4.74 Å². The molecule has 0 spiro atoms. The van der Waals surface area contributed by atoms with Crippen LogP contribution < -0.4 is 4.74 Å². The minimum atomic E-state index is 0.271. The van der Waals surface area contributed by atoms with E-state index < -0.39 is 0 Å². The first kappa shape index (κ1) is 15.1. The second-order valence-electron chi connectivity index (χ2n) is 4.19. The van der Waals surface area contributed by atoms with Gasteiger partial charge in [-0.25, -0.2) is 0 Å². The molecule has 2 aromatic rings. The fourth-order valence-corrected chi connectivity index (χ4v) is 3.79. The van der Waals surface area contributed by atoms with E-state index in [0.717, 1.165) is 21.1 Å². The van der Waals surface area contributed by atoms with Gasteiger partial charge in [-0.3, -0.25) is 0 Å².